The summed E-state index contributed by atoms with van der Waals surface area (Å²) in [4.78, 5) is 26.5. The maximum absolute atomic E-state index is 12.6. The molecule has 0 bridgehead atoms. The van der Waals surface area contributed by atoms with Crippen LogP contribution >= 0.6 is 11.6 Å². The number of halogens is 1. The van der Waals surface area contributed by atoms with Crippen LogP contribution in [0.1, 0.15) is 33.5 Å². The van der Waals surface area contributed by atoms with Gasteiger partial charge in [-0.2, -0.15) is 10.2 Å². The van der Waals surface area contributed by atoms with Crippen LogP contribution in [0.15, 0.2) is 36.7 Å². The average molecular weight is 431 g/mol. The van der Waals surface area contributed by atoms with E-state index in [9.17, 15) is 9.59 Å². The maximum Gasteiger partial charge on any atom is 0.276 e. The lowest BCUT2D eigenvalue weighted by molar-refractivity contribution is 0.0816. The van der Waals surface area contributed by atoms with E-state index in [-0.39, 0.29) is 18.3 Å². The number of nitrogens with one attached hydrogen (secondary N) is 1. The smallest absolute Gasteiger partial charge is 0.276 e. The zero-order valence-corrected chi connectivity index (χ0v) is 18.0. The van der Waals surface area contributed by atoms with Crippen molar-refractivity contribution in [1.29, 1.82) is 0 Å². The summed E-state index contributed by atoms with van der Waals surface area (Å²) in [7, 11) is 3.29. The Bertz CT molecular complexity index is 1070. The van der Waals surface area contributed by atoms with Crippen molar-refractivity contribution in [2.75, 3.05) is 19.4 Å². The minimum atomic E-state index is -0.445. The van der Waals surface area contributed by atoms with Gasteiger partial charge in [-0.05, 0) is 43.7 Å². The third kappa shape index (κ3) is 4.62. The van der Waals surface area contributed by atoms with Crippen LogP contribution in [-0.4, -0.2) is 50.4 Å². The largest absolute Gasteiger partial charge is 0.471 e. The van der Waals surface area contributed by atoms with E-state index < -0.39 is 5.91 Å². The number of aryl methyl sites for hydroxylation is 2. The molecule has 2 aromatic heterocycles. The summed E-state index contributed by atoms with van der Waals surface area (Å²) in [6.45, 7) is 4.40. The summed E-state index contributed by atoms with van der Waals surface area (Å²) in [5.41, 5.74) is 1.75. The molecule has 0 saturated heterocycles. The Morgan fingerprint density at radius 1 is 1.27 bits per heavy atom. The average Bonchev–Trinajstić information content (AvgIpc) is 3.33. The van der Waals surface area contributed by atoms with Crippen molar-refractivity contribution in [2.45, 2.75) is 27.1 Å². The van der Waals surface area contributed by atoms with E-state index in [0.717, 1.165) is 5.56 Å². The summed E-state index contributed by atoms with van der Waals surface area (Å²) in [6, 6.07) is 6.91. The van der Waals surface area contributed by atoms with E-state index in [2.05, 4.69) is 15.5 Å². The standard InChI is InChI=1S/C20H23ClN6O3/c1-5-27-18(20(29)25(3)4)16(11-22-27)23-19(28)15-8-9-26(24-15)12-30-17-7-6-14(21)10-13(17)2/h6-11H,5,12H2,1-4H3,(H,23,28). The van der Waals surface area contributed by atoms with E-state index in [0.29, 0.717) is 28.7 Å². The van der Waals surface area contributed by atoms with Gasteiger partial charge in [0, 0.05) is 31.9 Å². The Hall–Kier alpha value is -3.33. The molecule has 30 heavy (non-hydrogen) atoms. The Labute approximate surface area is 179 Å². The van der Waals surface area contributed by atoms with Crippen LogP contribution in [0.25, 0.3) is 0 Å². The second-order valence-electron chi connectivity index (χ2n) is 6.80. The molecule has 158 valence electrons. The molecule has 0 fully saturated rings. The minimum absolute atomic E-state index is 0.133. The van der Waals surface area contributed by atoms with Crippen molar-refractivity contribution in [3.8, 4) is 5.75 Å². The molecule has 0 unspecified atom stereocenters. The highest BCUT2D eigenvalue weighted by Gasteiger charge is 2.22. The highest BCUT2D eigenvalue weighted by molar-refractivity contribution is 6.30. The molecule has 1 aromatic carbocycles. The van der Waals surface area contributed by atoms with E-state index in [1.807, 2.05) is 19.9 Å². The molecule has 2 amide bonds. The van der Waals surface area contributed by atoms with Gasteiger partial charge in [-0.3, -0.25) is 14.3 Å². The van der Waals surface area contributed by atoms with Crippen LogP contribution in [0.4, 0.5) is 5.69 Å². The summed E-state index contributed by atoms with van der Waals surface area (Å²) in [6.07, 6.45) is 3.10. The lowest BCUT2D eigenvalue weighted by Crippen LogP contribution is -2.26. The van der Waals surface area contributed by atoms with Crippen molar-refractivity contribution in [2.24, 2.45) is 0 Å². The number of carbonyl (C=O) groups is 2. The van der Waals surface area contributed by atoms with Gasteiger partial charge < -0.3 is 15.0 Å². The molecule has 0 aliphatic heterocycles. The Morgan fingerprint density at radius 2 is 2.03 bits per heavy atom. The number of carbonyl (C=O) groups excluding carboxylic acids is 2. The van der Waals surface area contributed by atoms with Crippen LogP contribution < -0.4 is 10.1 Å². The van der Waals surface area contributed by atoms with E-state index in [1.54, 1.807) is 43.2 Å². The van der Waals surface area contributed by atoms with Gasteiger partial charge in [0.15, 0.2) is 12.4 Å². The highest BCUT2D eigenvalue weighted by atomic mass is 35.5. The molecule has 3 aromatic rings. The zero-order chi connectivity index (χ0) is 21.8. The quantitative estimate of drug-likeness (QED) is 0.621. The van der Waals surface area contributed by atoms with E-state index >= 15 is 0 Å². The van der Waals surface area contributed by atoms with Crippen LogP contribution in [0.3, 0.4) is 0 Å². The SMILES string of the molecule is CCn1ncc(NC(=O)c2ccn(COc3ccc(Cl)cc3C)n2)c1C(=O)N(C)C. The van der Waals surface area contributed by atoms with Crippen LogP contribution in [0.2, 0.25) is 5.02 Å². The molecule has 0 radical (unpaired) electrons. The number of nitrogens with zero attached hydrogens (tertiary/aromatic N) is 5. The summed E-state index contributed by atoms with van der Waals surface area (Å²) in [5.74, 6) is -0.0125. The number of hydrogen-bond acceptors (Lipinski definition) is 5. The van der Waals surface area contributed by atoms with Crippen LogP contribution in [-0.2, 0) is 13.3 Å². The monoisotopic (exact) mass is 430 g/mol. The molecular weight excluding hydrogens is 408 g/mol. The number of benzene rings is 1. The number of hydrogen-bond donors (Lipinski definition) is 1. The first-order chi connectivity index (χ1) is 14.3. The predicted molar refractivity (Wildman–Crippen MR) is 113 cm³/mol. The Balaban J connectivity index is 1.70. The van der Waals surface area contributed by atoms with Crippen molar-refractivity contribution >= 4 is 29.1 Å². The van der Waals surface area contributed by atoms with Crippen molar-refractivity contribution < 1.29 is 14.3 Å². The minimum Gasteiger partial charge on any atom is -0.471 e. The van der Waals surface area contributed by atoms with E-state index in [1.165, 1.54) is 15.8 Å². The first kappa shape index (κ1) is 21.4. The fourth-order valence-corrected chi connectivity index (χ4v) is 3.03. The number of anilines is 1. The van der Waals surface area contributed by atoms with Gasteiger partial charge in [-0.1, -0.05) is 11.6 Å². The van der Waals surface area contributed by atoms with Gasteiger partial charge in [0.2, 0.25) is 0 Å². The molecule has 10 heteroatoms. The second-order valence-corrected chi connectivity index (χ2v) is 7.24. The molecule has 9 nitrogen and oxygen atoms in total. The lowest BCUT2D eigenvalue weighted by atomic mass is 10.2. The number of ether oxygens (including phenoxy) is 1. The summed E-state index contributed by atoms with van der Waals surface area (Å²) < 4.78 is 8.78. The van der Waals surface area contributed by atoms with Crippen LogP contribution in [0, 0.1) is 6.92 Å². The molecule has 0 saturated carbocycles. The highest BCUT2D eigenvalue weighted by Crippen LogP contribution is 2.22. The van der Waals surface area contributed by atoms with Gasteiger partial charge >= 0.3 is 0 Å². The number of amides is 2. The van der Waals surface area contributed by atoms with Gasteiger partial charge in [0.05, 0.1) is 11.9 Å². The molecule has 0 aliphatic rings. The van der Waals surface area contributed by atoms with Crippen molar-refractivity contribution in [3.05, 3.63) is 58.6 Å². The van der Waals surface area contributed by atoms with Crippen molar-refractivity contribution in [1.82, 2.24) is 24.5 Å². The normalized spacial score (nSPS) is 10.7. The molecule has 3 rings (SSSR count). The molecule has 0 aliphatic carbocycles. The second kappa shape index (κ2) is 9.00. The maximum atomic E-state index is 12.6. The molecule has 1 N–H and O–H groups in total. The summed E-state index contributed by atoms with van der Waals surface area (Å²) in [5, 5.41) is 11.8. The van der Waals surface area contributed by atoms with Crippen molar-refractivity contribution in [3.63, 3.8) is 0 Å². The molecular formula is C20H23ClN6O3. The van der Waals surface area contributed by atoms with Gasteiger partial charge in [-0.15, -0.1) is 0 Å². The fraction of sp³-hybridized carbons (Fsp3) is 0.300. The molecule has 0 spiro atoms. The van der Waals surface area contributed by atoms with E-state index in [4.69, 9.17) is 16.3 Å². The fourth-order valence-electron chi connectivity index (χ4n) is 2.81. The third-order valence-corrected chi connectivity index (χ3v) is 4.59. The third-order valence-electron chi connectivity index (χ3n) is 4.36. The number of aromatic nitrogens is 4. The molecule has 0 atom stereocenters. The van der Waals surface area contributed by atoms with Gasteiger partial charge in [0.1, 0.15) is 11.4 Å². The Kier molecular flexibility index (Phi) is 6.41. The Morgan fingerprint density at radius 3 is 2.70 bits per heavy atom. The van der Waals surface area contributed by atoms with Gasteiger partial charge in [0.25, 0.3) is 11.8 Å². The first-order valence-corrected chi connectivity index (χ1v) is 9.69. The zero-order valence-electron chi connectivity index (χ0n) is 17.2. The number of rotatable bonds is 7. The first-order valence-electron chi connectivity index (χ1n) is 9.31. The predicted octanol–water partition coefficient (Wildman–Crippen LogP) is 3.05. The molecule has 2 heterocycles. The van der Waals surface area contributed by atoms with Crippen LogP contribution in [0.5, 0.6) is 5.75 Å². The van der Waals surface area contributed by atoms with Gasteiger partial charge in [-0.25, -0.2) is 4.68 Å². The topological polar surface area (TPSA) is 94.3 Å². The summed E-state index contributed by atoms with van der Waals surface area (Å²) >= 11 is 5.95. The lowest BCUT2D eigenvalue weighted by Gasteiger charge is -2.13.